The Bertz CT molecular complexity index is 2730. The van der Waals surface area contributed by atoms with Gasteiger partial charge in [-0.3, -0.25) is 4.57 Å². The van der Waals surface area contributed by atoms with Crippen LogP contribution in [-0.2, 0) is 0 Å². The molecule has 3 nitrogen and oxygen atoms in total. The molecule has 0 unspecified atom stereocenters. The van der Waals surface area contributed by atoms with Gasteiger partial charge in [0.15, 0.2) is 0 Å². The van der Waals surface area contributed by atoms with Crippen LogP contribution < -0.4 is 0 Å². The first-order valence-corrected chi connectivity index (χ1v) is 16.0. The van der Waals surface area contributed by atoms with Crippen molar-refractivity contribution >= 4 is 95.7 Å². The van der Waals surface area contributed by atoms with Gasteiger partial charge in [0.05, 0.1) is 26.9 Å². The van der Waals surface area contributed by atoms with Crippen LogP contribution in [0.5, 0.6) is 0 Å². The molecule has 200 valence electrons. The summed E-state index contributed by atoms with van der Waals surface area (Å²) >= 11 is 3.63. The molecule has 0 aliphatic rings. The van der Waals surface area contributed by atoms with Crippen molar-refractivity contribution in [3.8, 4) is 17.2 Å². The summed E-state index contributed by atoms with van der Waals surface area (Å²) < 4.78 is 7.20. The third-order valence-corrected chi connectivity index (χ3v) is 10.9. The van der Waals surface area contributed by atoms with Crippen molar-refractivity contribution in [3.63, 3.8) is 0 Å². The molecule has 10 aromatic rings. The monoisotopic (exact) mass is 583 g/mol. The summed E-state index contributed by atoms with van der Waals surface area (Å²) in [6.45, 7) is 0. The van der Waals surface area contributed by atoms with Gasteiger partial charge in [0.1, 0.15) is 0 Å². The van der Waals surface area contributed by atoms with Gasteiger partial charge >= 0.3 is 0 Å². The molecule has 0 saturated heterocycles. The third-order valence-electron chi connectivity index (χ3n) is 8.61. The van der Waals surface area contributed by atoms with Crippen molar-refractivity contribution in [2.24, 2.45) is 0 Å². The van der Waals surface area contributed by atoms with Gasteiger partial charge in [-0.1, -0.05) is 97.1 Å². The van der Waals surface area contributed by atoms with Gasteiger partial charge in [0.25, 0.3) is 0 Å². The zero-order valence-corrected chi connectivity index (χ0v) is 24.4. The van der Waals surface area contributed by atoms with Gasteiger partial charge in [-0.2, -0.15) is 0 Å². The number of aromatic nitrogens is 3. The molecule has 4 aromatic heterocycles. The molecule has 0 saturated carbocycles. The summed E-state index contributed by atoms with van der Waals surface area (Å²) in [5, 5.41) is 8.68. The quantitative estimate of drug-likeness (QED) is 0.203. The van der Waals surface area contributed by atoms with Crippen LogP contribution >= 0.6 is 22.7 Å². The SMILES string of the molecule is c1ccc(-c2nc(-n3c4ccccc4c4cc5c(cc43)sc3ccccc35)nc3c2sc2ccc4ccccc4c23)cc1. The number of nitrogens with zero attached hydrogens (tertiary/aromatic N) is 3. The maximum absolute atomic E-state index is 5.43. The van der Waals surface area contributed by atoms with Crippen molar-refractivity contribution in [3.05, 3.63) is 127 Å². The topological polar surface area (TPSA) is 30.7 Å². The first-order valence-electron chi connectivity index (χ1n) is 14.3. The Hall–Kier alpha value is -5.10. The van der Waals surface area contributed by atoms with E-state index >= 15 is 0 Å². The Morgan fingerprint density at radius 2 is 1.26 bits per heavy atom. The van der Waals surface area contributed by atoms with E-state index in [0.717, 1.165) is 32.5 Å². The van der Waals surface area contributed by atoms with Gasteiger partial charge in [-0.15, -0.1) is 22.7 Å². The molecule has 43 heavy (non-hydrogen) atoms. The molecular formula is C38H21N3S2. The van der Waals surface area contributed by atoms with Crippen LogP contribution in [0.4, 0.5) is 0 Å². The van der Waals surface area contributed by atoms with Crippen LogP contribution in [-0.4, -0.2) is 14.5 Å². The Kier molecular flexibility index (Phi) is 4.75. The highest BCUT2D eigenvalue weighted by atomic mass is 32.1. The zero-order chi connectivity index (χ0) is 28.1. The van der Waals surface area contributed by atoms with Gasteiger partial charge in [-0.25, -0.2) is 9.97 Å². The second kappa shape index (κ2) is 8.71. The van der Waals surface area contributed by atoms with Gasteiger partial charge < -0.3 is 0 Å². The molecule has 0 bridgehead atoms. The summed E-state index contributed by atoms with van der Waals surface area (Å²) in [6.07, 6.45) is 0. The van der Waals surface area contributed by atoms with Crippen molar-refractivity contribution in [2.45, 2.75) is 0 Å². The summed E-state index contributed by atoms with van der Waals surface area (Å²) in [6, 6.07) is 45.7. The normalized spacial score (nSPS) is 12.2. The van der Waals surface area contributed by atoms with Crippen molar-refractivity contribution in [1.29, 1.82) is 0 Å². The predicted octanol–water partition coefficient (Wildman–Crippen LogP) is 11.1. The fourth-order valence-electron chi connectivity index (χ4n) is 6.69. The van der Waals surface area contributed by atoms with E-state index in [2.05, 4.69) is 132 Å². The second-order valence-corrected chi connectivity index (χ2v) is 13.1. The molecule has 0 fully saturated rings. The van der Waals surface area contributed by atoms with Crippen LogP contribution in [0.25, 0.3) is 90.3 Å². The number of hydrogen-bond acceptors (Lipinski definition) is 4. The number of thiophene rings is 2. The summed E-state index contributed by atoms with van der Waals surface area (Å²) in [7, 11) is 0. The maximum Gasteiger partial charge on any atom is 0.235 e. The van der Waals surface area contributed by atoms with E-state index < -0.39 is 0 Å². The van der Waals surface area contributed by atoms with Crippen molar-refractivity contribution < 1.29 is 0 Å². The lowest BCUT2D eigenvalue weighted by molar-refractivity contribution is 1.02. The minimum atomic E-state index is 0.700. The summed E-state index contributed by atoms with van der Waals surface area (Å²) in [4.78, 5) is 10.8. The van der Waals surface area contributed by atoms with Gasteiger partial charge in [0, 0.05) is 46.6 Å². The lowest BCUT2D eigenvalue weighted by Gasteiger charge is -2.10. The van der Waals surface area contributed by atoms with E-state index in [1.165, 1.54) is 51.8 Å². The summed E-state index contributed by atoms with van der Waals surface area (Å²) in [5.74, 6) is 0.700. The molecule has 0 amide bonds. The fraction of sp³-hybridized carbons (Fsp3) is 0. The zero-order valence-electron chi connectivity index (χ0n) is 22.8. The number of fused-ring (bicyclic) bond motifs is 11. The largest absolute Gasteiger partial charge is 0.278 e. The molecule has 0 aliphatic carbocycles. The molecule has 4 heterocycles. The Balaban J connectivity index is 1.38. The van der Waals surface area contributed by atoms with Crippen LogP contribution in [0.3, 0.4) is 0 Å². The predicted molar refractivity (Wildman–Crippen MR) is 185 cm³/mol. The molecule has 0 N–H and O–H groups in total. The van der Waals surface area contributed by atoms with Crippen LogP contribution in [0.15, 0.2) is 127 Å². The average Bonchev–Trinajstić information content (AvgIpc) is 3.73. The molecule has 0 spiro atoms. The molecule has 0 atom stereocenters. The number of benzene rings is 6. The standard InChI is InChI=1S/C38H21N3S2/c1-2-11-23(12-3-1)35-37-36(34-24-13-5-4-10-22(24)18-19-32(34)43-37)40-38(39-35)41-29-16-8-6-14-25(29)27-20-28-26-15-7-9-17-31(26)42-33(28)21-30(27)41/h1-21H. The lowest BCUT2D eigenvalue weighted by Crippen LogP contribution is -2.02. The van der Waals surface area contributed by atoms with Crippen LogP contribution in [0.2, 0.25) is 0 Å². The number of rotatable bonds is 2. The van der Waals surface area contributed by atoms with E-state index in [1.807, 2.05) is 11.3 Å². The molecule has 5 heteroatoms. The Labute approximate surface area is 253 Å². The molecule has 10 rings (SSSR count). The van der Waals surface area contributed by atoms with E-state index in [-0.39, 0.29) is 0 Å². The lowest BCUT2D eigenvalue weighted by atomic mass is 10.1. The second-order valence-electron chi connectivity index (χ2n) is 11.0. The summed E-state index contributed by atoms with van der Waals surface area (Å²) in [5.41, 5.74) is 5.32. The third kappa shape index (κ3) is 3.29. The van der Waals surface area contributed by atoms with E-state index in [4.69, 9.17) is 9.97 Å². The Morgan fingerprint density at radius 3 is 2.16 bits per heavy atom. The molecule has 0 radical (unpaired) electrons. The Morgan fingerprint density at radius 1 is 0.488 bits per heavy atom. The minimum Gasteiger partial charge on any atom is -0.278 e. The highest BCUT2D eigenvalue weighted by molar-refractivity contribution is 7.26. The first kappa shape index (κ1) is 23.5. The molecule has 6 aromatic carbocycles. The van der Waals surface area contributed by atoms with E-state index in [9.17, 15) is 0 Å². The molecular weight excluding hydrogens is 563 g/mol. The van der Waals surface area contributed by atoms with Crippen LogP contribution in [0, 0.1) is 0 Å². The smallest absolute Gasteiger partial charge is 0.235 e. The fourth-order valence-corrected chi connectivity index (χ4v) is 8.98. The maximum atomic E-state index is 5.43. The van der Waals surface area contributed by atoms with E-state index in [1.54, 1.807) is 11.3 Å². The van der Waals surface area contributed by atoms with E-state index in [0.29, 0.717) is 5.95 Å². The van der Waals surface area contributed by atoms with Gasteiger partial charge in [-0.05, 0) is 41.1 Å². The highest BCUT2D eigenvalue weighted by Gasteiger charge is 2.21. The van der Waals surface area contributed by atoms with Crippen LogP contribution in [0.1, 0.15) is 0 Å². The van der Waals surface area contributed by atoms with Crippen molar-refractivity contribution in [1.82, 2.24) is 14.5 Å². The minimum absolute atomic E-state index is 0.700. The first-order chi connectivity index (χ1) is 21.3. The number of hydrogen-bond donors (Lipinski definition) is 0. The van der Waals surface area contributed by atoms with Gasteiger partial charge in [0.2, 0.25) is 5.95 Å². The number of para-hydroxylation sites is 1. The average molecular weight is 584 g/mol. The molecule has 0 aliphatic heterocycles. The van der Waals surface area contributed by atoms with Crippen molar-refractivity contribution in [2.75, 3.05) is 0 Å². The highest BCUT2D eigenvalue weighted by Crippen LogP contribution is 2.44.